The molecule has 0 amide bonds. The van der Waals surface area contributed by atoms with E-state index in [1.54, 1.807) is 6.07 Å². The summed E-state index contributed by atoms with van der Waals surface area (Å²) in [7, 11) is 1.41. The maximum absolute atomic E-state index is 12.6. The van der Waals surface area contributed by atoms with Gasteiger partial charge in [-0.3, -0.25) is 0 Å². The van der Waals surface area contributed by atoms with Gasteiger partial charge in [-0.05, 0) is 79.0 Å². The van der Waals surface area contributed by atoms with Gasteiger partial charge in [-0.25, -0.2) is 9.37 Å². The first-order valence-electron chi connectivity index (χ1n) is 11.4. The van der Waals surface area contributed by atoms with E-state index in [1.807, 2.05) is 31.2 Å². The molecule has 0 saturated heterocycles. The molecular formula is C28H27Br2NO5. The Morgan fingerprint density at radius 2 is 1.64 bits per heavy atom. The van der Waals surface area contributed by atoms with Gasteiger partial charge in [-0.1, -0.05) is 34.1 Å². The SMILES string of the molecule is CC(=O)[O-].CC[N+](CC)=c1cc2oc3cc(C)c(Br)cc3c(-c3ccccc3C(=O)OC)c-2cc1Br. The van der Waals surface area contributed by atoms with E-state index in [1.165, 1.54) is 7.11 Å². The second kappa shape index (κ2) is 11.8. The zero-order valence-electron chi connectivity index (χ0n) is 20.8. The topological polar surface area (TPSA) is 82.6 Å². The average molecular weight is 617 g/mol. The fourth-order valence-corrected chi connectivity index (χ4v) is 5.04. The number of carbonyl (C=O) groups is 2. The number of carboxylic acids is 1. The number of ether oxygens (including phenoxy) is 1. The molecule has 6 nitrogen and oxygen atoms in total. The lowest BCUT2D eigenvalue weighted by Gasteiger charge is -2.18. The van der Waals surface area contributed by atoms with Crippen LogP contribution in [-0.4, -0.2) is 32.1 Å². The molecule has 0 radical (unpaired) electrons. The fourth-order valence-electron chi connectivity index (χ4n) is 4.11. The summed E-state index contributed by atoms with van der Waals surface area (Å²) < 4.78 is 15.7. The Labute approximate surface area is 226 Å². The maximum Gasteiger partial charge on any atom is 0.338 e. The highest BCUT2D eigenvalue weighted by Gasteiger charge is 2.24. The van der Waals surface area contributed by atoms with Crippen molar-refractivity contribution < 1.29 is 23.8 Å². The van der Waals surface area contributed by atoms with E-state index in [-0.39, 0.29) is 5.97 Å². The number of halogens is 2. The number of nitrogens with zero attached hydrogens (tertiary/aromatic N) is 1. The Hall–Kier alpha value is -2.97. The first kappa shape index (κ1) is 27.6. The molecule has 1 aliphatic carbocycles. The number of rotatable bonds is 4. The van der Waals surface area contributed by atoms with E-state index >= 15 is 0 Å². The second-order valence-electron chi connectivity index (χ2n) is 8.08. The zero-order valence-corrected chi connectivity index (χ0v) is 23.9. The van der Waals surface area contributed by atoms with Gasteiger partial charge in [0.1, 0.15) is 24.4 Å². The highest BCUT2D eigenvalue weighted by molar-refractivity contribution is 9.10. The number of esters is 1. The van der Waals surface area contributed by atoms with Gasteiger partial charge >= 0.3 is 5.97 Å². The summed E-state index contributed by atoms with van der Waals surface area (Å²) in [6.45, 7) is 9.05. The molecule has 0 atom stereocenters. The van der Waals surface area contributed by atoms with E-state index in [0.29, 0.717) is 5.56 Å². The minimum atomic E-state index is -1.08. The van der Waals surface area contributed by atoms with Crippen LogP contribution in [-0.2, 0) is 9.53 Å². The molecule has 0 fully saturated rings. The van der Waals surface area contributed by atoms with E-state index < -0.39 is 5.97 Å². The minimum Gasteiger partial charge on any atom is -0.550 e. The van der Waals surface area contributed by atoms with Crippen molar-refractivity contribution in [2.75, 3.05) is 20.2 Å². The zero-order chi connectivity index (χ0) is 26.6. The highest BCUT2D eigenvalue weighted by atomic mass is 79.9. The van der Waals surface area contributed by atoms with Gasteiger partial charge < -0.3 is 19.1 Å². The lowest BCUT2D eigenvalue weighted by atomic mass is 9.90. The summed E-state index contributed by atoms with van der Waals surface area (Å²) in [5.74, 6) is -0.688. The highest BCUT2D eigenvalue weighted by Crippen LogP contribution is 2.43. The predicted molar refractivity (Wildman–Crippen MR) is 147 cm³/mol. The molecule has 0 saturated carbocycles. The van der Waals surface area contributed by atoms with Gasteiger partial charge in [0.05, 0.1) is 23.2 Å². The van der Waals surface area contributed by atoms with Gasteiger partial charge in [0.25, 0.3) is 0 Å². The van der Waals surface area contributed by atoms with Crippen molar-refractivity contribution in [3.8, 4) is 22.5 Å². The van der Waals surface area contributed by atoms with E-state index in [2.05, 4.69) is 68.5 Å². The van der Waals surface area contributed by atoms with Crippen LogP contribution in [0.1, 0.15) is 36.7 Å². The molecule has 188 valence electrons. The number of fused-ring (bicyclic) bond motifs is 2. The van der Waals surface area contributed by atoms with Crippen molar-refractivity contribution >= 4 is 54.8 Å². The quantitative estimate of drug-likeness (QED) is 0.174. The van der Waals surface area contributed by atoms with Crippen LogP contribution in [0.15, 0.2) is 61.9 Å². The Morgan fingerprint density at radius 1 is 1.00 bits per heavy atom. The number of methoxy groups -OCH3 is 1. The van der Waals surface area contributed by atoms with Gasteiger partial charge in [0, 0.05) is 27.0 Å². The fraction of sp³-hybridized carbons (Fsp3) is 0.250. The van der Waals surface area contributed by atoms with Crippen LogP contribution < -0.4 is 15.0 Å². The molecule has 2 aliphatic rings. The summed E-state index contributed by atoms with van der Waals surface area (Å²) in [5.41, 5.74) is 5.03. The van der Waals surface area contributed by atoms with E-state index in [4.69, 9.17) is 19.1 Å². The first-order chi connectivity index (χ1) is 17.1. The molecule has 2 aromatic rings. The van der Waals surface area contributed by atoms with Gasteiger partial charge in [-0.15, -0.1) is 0 Å². The van der Waals surface area contributed by atoms with Gasteiger partial charge in [0.15, 0.2) is 0 Å². The molecular weight excluding hydrogens is 590 g/mol. The first-order valence-corrected chi connectivity index (χ1v) is 13.0. The Balaban J connectivity index is 0.000000840. The lowest BCUT2D eigenvalue weighted by Crippen LogP contribution is -2.30. The second-order valence-corrected chi connectivity index (χ2v) is 9.78. The van der Waals surface area contributed by atoms with Crippen molar-refractivity contribution in [1.29, 1.82) is 0 Å². The number of carboxylic acid groups (broad SMARTS) is 1. The van der Waals surface area contributed by atoms with Crippen molar-refractivity contribution in [2.24, 2.45) is 0 Å². The molecule has 0 N–H and O–H groups in total. The minimum absolute atomic E-state index is 0.368. The van der Waals surface area contributed by atoms with Crippen LogP contribution >= 0.6 is 31.9 Å². The molecule has 36 heavy (non-hydrogen) atoms. The van der Waals surface area contributed by atoms with E-state index in [0.717, 1.165) is 73.3 Å². The van der Waals surface area contributed by atoms with Crippen LogP contribution in [0.3, 0.4) is 0 Å². The molecule has 0 aromatic heterocycles. The van der Waals surface area contributed by atoms with Gasteiger partial charge in [0.2, 0.25) is 5.36 Å². The number of carbonyl (C=O) groups excluding carboxylic acids is 2. The molecule has 2 aromatic carbocycles. The third-order valence-corrected chi connectivity index (χ3v) is 7.26. The molecule has 1 heterocycles. The molecule has 1 aliphatic heterocycles. The average Bonchev–Trinajstić information content (AvgIpc) is 2.84. The normalized spacial score (nSPS) is 10.6. The van der Waals surface area contributed by atoms with Crippen molar-refractivity contribution in [3.05, 3.63) is 74.0 Å². The molecule has 8 heteroatoms. The van der Waals surface area contributed by atoms with Crippen LogP contribution in [0.25, 0.3) is 33.4 Å². The van der Waals surface area contributed by atoms with Crippen LogP contribution in [0, 0.1) is 6.92 Å². The summed E-state index contributed by atoms with van der Waals surface area (Å²) >= 11 is 7.44. The Morgan fingerprint density at radius 3 is 2.25 bits per heavy atom. The number of hydrogen-bond donors (Lipinski definition) is 0. The number of hydrogen-bond acceptors (Lipinski definition) is 5. The largest absolute Gasteiger partial charge is 0.550 e. The molecule has 0 spiro atoms. The summed E-state index contributed by atoms with van der Waals surface area (Å²) in [4.78, 5) is 21.5. The monoisotopic (exact) mass is 615 g/mol. The Bertz CT molecular complexity index is 1480. The predicted octanol–water partition coefficient (Wildman–Crippen LogP) is 5.39. The summed E-state index contributed by atoms with van der Waals surface area (Å²) in [6, 6.07) is 15.8. The van der Waals surface area contributed by atoms with E-state index in [9.17, 15) is 4.79 Å². The van der Waals surface area contributed by atoms with Crippen LogP contribution in [0.4, 0.5) is 0 Å². The third kappa shape index (κ3) is 5.71. The summed E-state index contributed by atoms with van der Waals surface area (Å²) in [5, 5.41) is 10.9. The van der Waals surface area contributed by atoms with Crippen molar-refractivity contribution in [2.45, 2.75) is 27.7 Å². The number of aliphatic carboxylic acids is 1. The number of aryl methyl sites for hydroxylation is 1. The van der Waals surface area contributed by atoms with Gasteiger partial charge in [-0.2, -0.15) is 0 Å². The van der Waals surface area contributed by atoms with Crippen molar-refractivity contribution in [3.63, 3.8) is 0 Å². The van der Waals surface area contributed by atoms with Crippen molar-refractivity contribution in [1.82, 2.24) is 4.58 Å². The summed E-state index contributed by atoms with van der Waals surface area (Å²) in [6.07, 6.45) is 0. The van der Waals surface area contributed by atoms with Crippen LogP contribution in [0.5, 0.6) is 0 Å². The Kier molecular flexibility index (Phi) is 9.08. The molecule has 0 bridgehead atoms. The smallest absolute Gasteiger partial charge is 0.338 e. The lowest BCUT2D eigenvalue weighted by molar-refractivity contribution is -0.302. The maximum atomic E-state index is 12.6. The molecule has 0 unspecified atom stereocenters. The molecule has 4 rings (SSSR count). The third-order valence-electron chi connectivity index (χ3n) is 5.77. The standard InChI is InChI=1S/C26H24Br2NO3.C2H4O2/c1-5-29(6-2)22-14-24-19(13-21(22)28)25(16-9-7-8-10-17(16)26(30)31-4)18-12-20(27)15(3)11-23(18)32-24;1-2(3)4/h7-14H,5-6H2,1-4H3;1H3,(H,3,4)/q+1;/p-1. The number of benzene rings is 3. The van der Waals surface area contributed by atoms with Crippen LogP contribution in [0.2, 0.25) is 0 Å².